The fourth-order valence-electron chi connectivity index (χ4n) is 1.83. The SMILES string of the molecule is CCOCCN(CC)C(CN)CC(OC)OC. The molecule has 0 fully saturated rings. The molecule has 0 aromatic carbocycles. The highest BCUT2D eigenvalue weighted by molar-refractivity contribution is 4.73. The molecule has 0 rings (SSSR count). The molecule has 0 radical (unpaired) electrons. The zero-order valence-electron chi connectivity index (χ0n) is 11.6. The second-order valence-electron chi connectivity index (χ2n) is 3.85. The van der Waals surface area contributed by atoms with Crippen molar-refractivity contribution in [2.45, 2.75) is 32.6 Å². The van der Waals surface area contributed by atoms with Crippen LogP contribution in [0.5, 0.6) is 0 Å². The molecule has 0 saturated carbocycles. The van der Waals surface area contributed by atoms with Gasteiger partial charge in [-0.1, -0.05) is 6.92 Å². The van der Waals surface area contributed by atoms with Crippen LogP contribution in [0.3, 0.4) is 0 Å². The monoisotopic (exact) mass is 248 g/mol. The second-order valence-corrected chi connectivity index (χ2v) is 3.85. The molecule has 0 aliphatic heterocycles. The van der Waals surface area contributed by atoms with Gasteiger partial charge in [0.15, 0.2) is 6.29 Å². The van der Waals surface area contributed by atoms with Gasteiger partial charge in [-0.15, -0.1) is 0 Å². The minimum absolute atomic E-state index is 0.190. The lowest BCUT2D eigenvalue weighted by Gasteiger charge is -2.31. The van der Waals surface area contributed by atoms with Crippen molar-refractivity contribution in [1.82, 2.24) is 4.90 Å². The summed E-state index contributed by atoms with van der Waals surface area (Å²) in [4.78, 5) is 2.31. The Hall–Kier alpha value is -0.200. The first-order valence-corrected chi connectivity index (χ1v) is 6.30. The molecule has 104 valence electrons. The predicted octanol–water partition coefficient (Wildman–Crippen LogP) is 0.681. The van der Waals surface area contributed by atoms with Gasteiger partial charge in [0, 0.05) is 46.4 Å². The quantitative estimate of drug-likeness (QED) is 0.430. The van der Waals surface area contributed by atoms with E-state index in [-0.39, 0.29) is 12.3 Å². The number of ether oxygens (including phenoxy) is 3. The summed E-state index contributed by atoms with van der Waals surface area (Å²) in [6.45, 7) is 8.07. The van der Waals surface area contributed by atoms with E-state index in [4.69, 9.17) is 19.9 Å². The number of likely N-dealkylation sites (N-methyl/N-ethyl adjacent to an activating group) is 1. The van der Waals surface area contributed by atoms with Gasteiger partial charge in [0.2, 0.25) is 0 Å². The second kappa shape index (κ2) is 10.9. The lowest BCUT2D eigenvalue weighted by Crippen LogP contribution is -2.44. The van der Waals surface area contributed by atoms with Crippen LogP contribution < -0.4 is 5.73 Å². The maximum Gasteiger partial charge on any atom is 0.158 e. The third-order valence-corrected chi connectivity index (χ3v) is 2.91. The molecule has 0 aromatic rings. The van der Waals surface area contributed by atoms with Crippen LogP contribution in [-0.2, 0) is 14.2 Å². The summed E-state index contributed by atoms with van der Waals surface area (Å²) in [5, 5.41) is 0. The third kappa shape index (κ3) is 6.95. The molecule has 2 N–H and O–H groups in total. The van der Waals surface area contributed by atoms with Crippen LogP contribution in [0.2, 0.25) is 0 Å². The molecule has 0 heterocycles. The van der Waals surface area contributed by atoms with Gasteiger partial charge in [-0.05, 0) is 13.5 Å². The summed E-state index contributed by atoms with van der Waals surface area (Å²) in [5.74, 6) is 0. The summed E-state index contributed by atoms with van der Waals surface area (Å²) < 4.78 is 15.8. The number of methoxy groups -OCH3 is 2. The first-order valence-electron chi connectivity index (χ1n) is 6.30. The number of nitrogens with two attached hydrogens (primary N) is 1. The zero-order chi connectivity index (χ0) is 13.1. The molecular formula is C12H28N2O3. The van der Waals surface area contributed by atoms with E-state index in [1.54, 1.807) is 14.2 Å². The molecule has 5 heteroatoms. The highest BCUT2D eigenvalue weighted by atomic mass is 16.7. The largest absolute Gasteiger partial charge is 0.380 e. The van der Waals surface area contributed by atoms with Crippen molar-refractivity contribution in [2.24, 2.45) is 5.73 Å². The Morgan fingerprint density at radius 3 is 2.24 bits per heavy atom. The Bertz CT molecular complexity index is 166. The summed E-state index contributed by atoms with van der Waals surface area (Å²) in [6, 6.07) is 0.269. The van der Waals surface area contributed by atoms with Gasteiger partial charge in [-0.3, -0.25) is 4.90 Å². The lowest BCUT2D eigenvalue weighted by molar-refractivity contribution is -0.117. The van der Waals surface area contributed by atoms with Crippen molar-refractivity contribution in [3.05, 3.63) is 0 Å². The summed E-state index contributed by atoms with van der Waals surface area (Å²) in [5.41, 5.74) is 5.82. The Morgan fingerprint density at radius 2 is 1.82 bits per heavy atom. The molecule has 17 heavy (non-hydrogen) atoms. The first kappa shape index (κ1) is 16.8. The molecule has 0 aliphatic rings. The van der Waals surface area contributed by atoms with Crippen molar-refractivity contribution >= 4 is 0 Å². The average Bonchev–Trinajstić information content (AvgIpc) is 2.37. The molecule has 0 aliphatic carbocycles. The summed E-state index contributed by atoms with van der Waals surface area (Å²) in [7, 11) is 3.30. The molecule has 1 unspecified atom stereocenters. The highest BCUT2D eigenvalue weighted by Crippen LogP contribution is 2.09. The van der Waals surface area contributed by atoms with Crippen molar-refractivity contribution in [3.63, 3.8) is 0 Å². The summed E-state index contributed by atoms with van der Waals surface area (Å²) in [6.07, 6.45) is 0.591. The van der Waals surface area contributed by atoms with Gasteiger partial charge < -0.3 is 19.9 Å². The Kier molecular flexibility index (Phi) is 10.8. The van der Waals surface area contributed by atoms with E-state index in [0.29, 0.717) is 6.54 Å². The van der Waals surface area contributed by atoms with Gasteiger partial charge in [0.05, 0.1) is 6.61 Å². The van der Waals surface area contributed by atoms with Crippen LogP contribution in [0, 0.1) is 0 Å². The highest BCUT2D eigenvalue weighted by Gasteiger charge is 2.20. The van der Waals surface area contributed by atoms with Crippen LogP contribution >= 0.6 is 0 Å². The molecule has 5 nitrogen and oxygen atoms in total. The first-order chi connectivity index (χ1) is 8.23. The lowest BCUT2D eigenvalue weighted by atomic mass is 10.1. The minimum Gasteiger partial charge on any atom is -0.380 e. The van der Waals surface area contributed by atoms with E-state index in [1.165, 1.54) is 0 Å². The van der Waals surface area contributed by atoms with Crippen LogP contribution in [0.1, 0.15) is 20.3 Å². The predicted molar refractivity (Wildman–Crippen MR) is 69.0 cm³/mol. The Morgan fingerprint density at radius 1 is 1.18 bits per heavy atom. The molecule has 0 bridgehead atoms. The van der Waals surface area contributed by atoms with E-state index >= 15 is 0 Å². The van der Waals surface area contributed by atoms with Gasteiger partial charge >= 0.3 is 0 Å². The van der Waals surface area contributed by atoms with E-state index in [0.717, 1.165) is 32.7 Å². The number of rotatable bonds is 11. The Labute approximate surface area is 105 Å². The van der Waals surface area contributed by atoms with Crippen LogP contribution in [0.15, 0.2) is 0 Å². The number of nitrogens with zero attached hydrogens (tertiary/aromatic N) is 1. The number of hydrogen-bond donors (Lipinski definition) is 1. The van der Waals surface area contributed by atoms with Gasteiger partial charge in [0.1, 0.15) is 0 Å². The zero-order valence-corrected chi connectivity index (χ0v) is 11.6. The van der Waals surface area contributed by atoms with Crippen LogP contribution in [-0.4, -0.2) is 64.3 Å². The van der Waals surface area contributed by atoms with Crippen LogP contribution in [0.25, 0.3) is 0 Å². The van der Waals surface area contributed by atoms with Crippen molar-refractivity contribution in [2.75, 3.05) is 47.1 Å². The third-order valence-electron chi connectivity index (χ3n) is 2.91. The standard InChI is InChI=1S/C12H28N2O3/c1-5-14(7-8-17-6-2)11(10-13)9-12(15-3)16-4/h11-12H,5-10,13H2,1-4H3. The van der Waals surface area contributed by atoms with Crippen molar-refractivity contribution in [3.8, 4) is 0 Å². The molecule has 0 amide bonds. The Balaban J connectivity index is 4.16. The fourth-order valence-corrected chi connectivity index (χ4v) is 1.83. The maximum atomic E-state index is 5.82. The van der Waals surface area contributed by atoms with Crippen LogP contribution in [0.4, 0.5) is 0 Å². The maximum absolute atomic E-state index is 5.82. The van der Waals surface area contributed by atoms with E-state index < -0.39 is 0 Å². The molecule has 1 atom stereocenters. The topological polar surface area (TPSA) is 57.0 Å². The minimum atomic E-state index is -0.190. The molecular weight excluding hydrogens is 220 g/mol. The molecule has 0 aromatic heterocycles. The molecule has 0 saturated heterocycles. The van der Waals surface area contributed by atoms with Gasteiger partial charge in [-0.2, -0.15) is 0 Å². The van der Waals surface area contributed by atoms with E-state index in [9.17, 15) is 0 Å². The van der Waals surface area contributed by atoms with Gasteiger partial charge in [0.25, 0.3) is 0 Å². The van der Waals surface area contributed by atoms with Crippen molar-refractivity contribution < 1.29 is 14.2 Å². The van der Waals surface area contributed by atoms with Gasteiger partial charge in [-0.25, -0.2) is 0 Å². The van der Waals surface area contributed by atoms with Crippen molar-refractivity contribution in [1.29, 1.82) is 0 Å². The average molecular weight is 248 g/mol. The smallest absolute Gasteiger partial charge is 0.158 e. The number of hydrogen-bond acceptors (Lipinski definition) is 5. The fraction of sp³-hybridized carbons (Fsp3) is 1.00. The van der Waals surface area contributed by atoms with E-state index in [2.05, 4.69) is 11.8 Å². The summed E-state index contributed by atoms with van der Waals surface area (Å²) >= 11 is 0. The normalized spacial score (nSPS) is 13.6. The molecule has 0 spiro atoms. The van der Waals surface area contributed by atoms with E-state index in [1.807, 2.05) is 6.92 Å².